The first-order valence-corrected chi connectivity index (χ1v) is 13.8. The maximum Gasteiger partial charge on any atom is 0.510 e. The summed E-state index contributed by atoms with van der Waals surface area (Å²) < 4.78 is 53.1. The molecule has 1 saturated heterocycles. The van der Waals surface area contributed by atoms with E-state index in [1.165, 1.54) is 16.9 Å². The number of amides is 1. The van der Waals surface area contributed by atoms with Gasteiger partial charge in [-0.2, -0.15) is 0 Å². The van der Waals surface area contributed by atoms with Gasteiger partial charge in [0.2, 0.25) is 18.0 Å². The highest BCUT2D eigenvalue weighted by Crippen LogP contribution is 2.49. The van der Waals surface area contributed by atoms with Gasteiger partial charge in [0.1, 0.15) is 6.17 Å². The quantitative estimate of drug-likeness (QED) is 0.250. The van der Waals surface area contributed by atoms with Crippen LogP contribution in [0.5, 0.6) is 5.75 Å². The van der Waals surface area contributed by atoms with Crippen LogP contribution in [0.1, 0.15) is 27.7 Å². The molecule has 0 saturated carbocycles. The summed E-state index contributed by atoms with van der Waals surface area (Å²) in [4.78, 5) is 40.2. The summed E-state index contributed by atoms with van der Waals surface area (Å²) in [5.41, 5.74) is 2.57. The number of methoxy groups -OCH3 is 1. The molecule has 0 radical (unpaired) electrons. The van der Waals surface area contributed by atoms with Crippen molar-refractivity contribution in [2.24, 2.45) is 0 Å². The Morgan fingerprint density at radius 3 is 2.50 bits per heavy atom. The van der Waals surface area contributed by atoms with Crippen LogP contribution in [0.2, 0.25) is 0 Å². The van der Waals surface area contributed by atoms with E-state index in [4.69, 9.17) is 14.2 Å². The molecule has 2 atom stereocenters. The third kappa shape index (κ3) is 4.21. The van der Waals surface area contributed by atoms with E-state index in [2.05, 4.69) is 4.74 Å². The third-order valence-electron chi connectivity index (χ3n) is 8.13. The lowest BCUT2D eigenvalue weighted by molar-refractivity contribution is -0.0208. The fourth-order valence-corrected chi connectivity index (χ4v) is 6.29. The zero-order valence-corrected chi connectivity index (χ0v) is 23.4. The first-order chi connectivity index (χ1) is 21.4. The van der Waals surface area contributed by atoms with Crippen LogP contribution in [0.4, 0.5) is 13.6 Å². The smallest absolute Gasteiger partial charge is 0.451 e. The van der Waals surface area contributed by atoms with Crippen LogP contribution in [0.15, 0.2) is 77.7 Å². The molecule has 224 valence electrons. The van der Waals surface area contributed by atoms with E-state index in [1.807, 2.05) is 41.4 Å². The molecular formula is C32H25F2N3O7. The molecule has 1 aliphatic carbocycles. The lowest BCUT2D eigenvalue weighted by atomic mass is 9.91. The maximum atomic E-state index is 15.9. The van der Waals surface area contributed by atoms with Crippen LogP contribution in [0, 0.1) is 11.6 Å². The second-order valence-electron chi connectivity index (χ2n) is 10.4. The normalized spacial score (nSPS) is 18.2. The Morgan fingerprint density at radius 2 is 1.70 bits per heavy atom. The molecule has 1 aromatic heterocycles. The Bertz CT molecular complexity index is 1880. The van der Waals surface area contributed by atoms with E-state index in [0.29, 0.717) is 16.7 Å². The van der Waals surface area contributed by atoms with E-state index < -0.39 is 48.1 Å². The summed E-state index contributed by atoms with van der Waals surface area (Å²) in [6.07, 6.45) is -0.294. The van der Waals surface area contributed by atoms with E-state index >= 15 is 4.39 Å². The van der Waals surface area contributed by atoms with Crippen molar-refractivity contribution in [1.29, 1.82) is 0 Å². The number of pyridine rings is 1. The van der Waals surface area contributed by atoms with Gasteiger partial charge < -0.3 is 23.8 Å². The van der Waals surface area contributed by atoms with Gasteiger partial charge in [0.15, 0.2) is 17.3 Å². The number of aromatic nitrogens is 1. The minimum absolute atomic E-state index is 0.0903. The molecule has 1 fully saturated rings. The topological polar surface area (TPSA) is 99.5 Å². The predicted molar refractivity (Wildman–Crippen MR) is 153 cm³/mol. The number of fused-ring (bicyclic) bond motifs is 7. The largest absolute Gasteiger partial charge is 0.510 e. The fourth-order valence-electron chi connectivity index (χ4n) is 6.29. The molecule has 12 heteroatoms. The minimum Gasteiger partial charge on any atom is -0.451 e. The Kier molecular flexibility index (Phi) is 6.77. The number of rotatable bonds is 4. The van der Waals surface area contributed by atoms with Crippen molar-refractivity contribution in [2.45, 2.75) is 12.2 Å². The number of morpholine rings is 1. The number of hydrogen-bond donors (Lipinski definition) is 0. The first kappa shape index (κ1) is 27.6. The Hall–Kier alpha value is -5.23. The minimum atomic E-state index is -1.03. The fraction of sp³-hybridized carbons (Fsp3) is 0.219. The third-order valence-corrected chi connectivity index (χ3v) is 8.13. The summed E-state index contributed by atoms with van der Waals surface area (Å²) in [6, 6.07) is 17.8. The second kappa shape index (κ2) is 10.8. The van der Waals surface area contributed by atoms with E-state index in [1.54, 1.807) is 23.1 Å². The van der Waals surface area contributed by atoms with Crippen molar-refractivity contribution in [2.75, 3.05) is 38.7 Å². The molecule has 2 unspecified atom stereocenters. The number of ether oxygens (including phenoxy) is 4. The van der Waals surface area contributed by atoms with Crippen LogP contribution in [0.3, 0.4) is 0 Å². The van der Waals surface area contributed by atoms with Crippen molar-refractivity contribution in [1.82, 2.24) is 9.58 Å². The Labute approximate surface area is 249 Å². The molecule has 3 aromatic carbocycles. The molecule has 4 aromatic rings. The summed E-state index contributed by atoms with van der Waals surface area (Å²) in [6.45, 7) is -0.143. The Morgan fingerprint density at radius 1 is 0.955 bits per heavy atom. The number of hydrogen-bond acceptors (Lipinski definition) is 8. The summed E-state index contributed by atoms with van der Waals surface area (Å²) in [5, 5.41) is 1.82. The first-order valence-electron chi connectivity index (χ1n) is 13.8. The van der Waals surface area contributed by atoms with Gasteiger partial charge in [-0.25, -0.2) is 13.6 Å². The van der Waals surface area contributed by atoms with Gasteiger partial charge in [0.25, 0.3) is 5.91 Å². The van der Waals surface area contributed by atoms with Crippen molar-refractivity contribution in [3.63, 3.8) is 0 Å². The summed E-state index contributed by atoms with van der Waals surface area (Å²) >= 11 is 0. The number of nitrogens with zero attached hydrogens (tertiary/aromatic N) is 3. The number of benzene rings is 3. The van der Waals surface area contributed by atoms with Crippen LogP contribution in [-0.4, -0.2) is 61.5 Å². The second-order valence-corrected chi connectivity index (χ2v) is 10.4. The van der Waals surface area contributed by atoms with Crippen molar-refractivity contribution in [3.8, 4) is 28.0 Å². The predicted octanol–water partition coefficient (Wildman–Crippen LogP) is 4.43. The van der Waals surface area contributed by atoms with Crippen LogP contribution >= 0.6 is 0 Å². The average molecular weight is 602 g/mol. The monoisotopic (exact) mass is 601 g/mol. The van der Waals surface area contributed by atoms with Gasteiger partial charge >= 0.3 is 6.16 Å². The van der Waals surface area contributed by atoms with E-state index in [0.717, 1.165) is 24.3 Å². The van der Waals surface area contributed by atoms with Crippen LogP contribution in [-0.2, 0) is 14.2 Å². The van der Waals surface area contributed by atoms with Crippen molar-refractivity contribution < 1.29 is 37.3 Å². The average Bonchev–Trinajstić information content (AvgIpc) is 3.17. The highest BCUT2D eigenvalue weighted by atomic mass is 19.2. The zero-order valence-electron chi connectivity index (χ0n) is 23.4. The summed E-state index contributed by atoms with van der Waals surface area (Å²) in [5.74, 6) is -2.84. The van der Waals surface area contributed by atoms with Gasteiger partial charge in [0, 0.05) is 24.4 Å². The van der Waals surface area contributed by atoms with Crippen molar-refractivity contribution in [3.05, 3.63) is 112 Å². The van der Waals surface area contributed by atoms with Crippen LogP contribution < -0.4 is 15.2 Å². The standard InChI is InChI=1S/C32H25F2N3O7/c1-41-32(40)44-17-43-30-24(38)12-13-36-29(30)31(39)35-14-15-42-16-25(35)37(36)28-21-9-5-3-7-19(21)18-6-2-4-8-20(18)26-22(28)10-11-23(33)27(26)34/h2-13,25,28H,14-17H2,1H3. The molecule has 10 nitrogen and oxygen atoms in total. The molecule has 0 N–H and O–H groups in total. The molecule has 7 rings (SSSR count). The molecule has 2 aliphatic heterocycles. The maximum absolute atomic E-state index is 15.9. The van der Waals surface area contributed by atoms with Gasteiger partial charge in [0.05, 0.1) is 26.4 Å². The SMILES string of the molecule is COC(=O)OCOc1c2n(ccc1=O)N(C1c3ccccc3-c3ccccc3-c3c1ccc(F)c3F)C1COCCN1C2=O. The van der Waals surface area contributed by atoms with Crippen LogP contribution in [0.25, 0.3) is 22.3 Å². The highest BCUT2D eigenvalue weighted by molar-refractivity contribution is 5.97. The number of halogens is 2. The molecule has 0 bridgehead atoms. The molecule has 1 amide bonds. The number of carbonyl (C=O) groups excluding carboxylic acids is 2. The lowest BCUT2D eigenvalue weighted by Gasteiger charge is -2.51. The lowest BCUT2D eigenvalue weighted by Crippen LogP contribution is -2.66. The molecule has 3 aliphatic rings. The zero-order chi connectivity index (χ0) is 30.5. The van der Waals surface area contributed by atoms with Gasteiger partial charge in [-0.3, -0.25) is 19.3 Å². The highest BCUT2D eigenvalue weighted by Gasteiger charge is 2.46. The van der Waals surface area contributed by atoms with Gasteiger partial charge in [-0.1, -0.05) is 54.6 Å². The summed E-state index contributed by atoms with van der Waals surface area (Å²) in [7, 11) is 1.12. The molecule has 44 heavy (non-hydrogen) atoms. The van der Waals surface area contributed by atoms with Gasteiger partial charge in [-0.15, -0.1) is 0 Å². The number of carbonyl (C=O) groups is 2. The molecule has 3 heterocycles. The van der Waals surface area contributed by atoms with E-state index in [-0.39, 0.29) is 36.8 Å². The van der Waals surface area contributed by atoms with E-state index in [9.17, 15) is 18.8 Å². The molecule has 0 spiro atoms. The van der Waals surface area contributed by atoms with Gasteiger partial charge in [-0.05, 0) is 33.9 Å². The van der Waals surface area contributed by atoms with Crippen molar-refractivity contribution >= 4 is 12.1 Å². The molecular weight excluding hydrogens is 576 g/mol. The Balaban J connectivity index is 1.51.